The highest BCUT2D eigenvalue weighted by atomic mass is 32.2. The molecule has 2 aromatic rings. The molecular weight excluding hydrogens is 406 g/mol. The first kappa shape index (κ1) is 20.6. The maximum atomic E-state index is 12.7. The molecule has 0 spiro atoms. The van der Waals surface area contributed by atoms with Crippen LogP contribution in [0.1, 0.15) is 41.8 Å². The quantitative estimate of drug-likeness (QED) is 0.754. The molecule has 1 aromatic carbocycles. The standard InChI is InChI=1S/C21H25N3O5S/c25-20(18-5-3-13-24(18)21(26)19-6-4-14-29-19)22-15-16-7-9-17(10-8-16)30(27,28)23-11-1-2-12-23/h4,6-10,14,18H,1-3,5,11-13,15H2,(H,22,25)/t18-/m0/s1. The summed E-state index contributed by atoms with van der Waals surface area (Å²) in [6.45, 7) is 1.91. The number of rotatable bonds is 6. The molecule has 2 fully saturated rings. The molecule has 4 rings (SSSR count). The SMILES string of the molecule is O=C(NCc1ccc(S(=O)(=O)N2CCCC2)cc1)[C@@H]1CCCN1C(=O)c1ccco1. The van der Waals surface area contributed by atoms with Gasteiger partial charge in [0.25, 0.3) is 5.91 Å². The van der Waals surface area contributed by atoms with Gasteiger partial charge in [-0.25, -0.2) is 8.42 Å². The van der Waals surface area contributed by atoms with Gasteiger partial charge in [0.05, 0.1) is 11.2 Å². The van der Waals surface area contributed by atoms with E-state index in [1.807, 2.05) is 0 Å². The molecule has 2 saturated heterocycles. The lowest BCUT2D eigenvalue weighted by atomic mass is 10.2. The van der Waals surface area contributed by atoms with E-state index in [4.69, 9.17) is 4.42 Å². The van der Waals surface area contributed by atoms with Gasteiger partial charge in [0, 0.05) is 26.2 Å². The molecule has 0 bridgehead atoms. The van der Waals surface area contributed by atoms with Gasteiger partial charge in [-0.1, -0.05) is 12.1 Å². The van der Waals surface area contributed by atoms with Crippen LogP contribution in [0, 0.1) is 0 Å². The largest absolute Gasteiger partial charge is 0.459 e. The van der Waals surface area contributed by atoms with Crippen molar-refractivity contribution in [3.05, 3.63) is 54.0 Å². The predicted molar refractivity (Wildman–Crippen MR) is 109 cm³/mol. The van der Waals surface area contributed by atoms with Crippen LogP contribution in [-0.2, 0) is 21.4 Å². The van der Waals surface area contributed by atoms with Crippen molar-refractivity contribution in [1.82, 2.24) is 14.5 Å². The highest BCUT2D eigenvalue weighted by molar-refractivity contribution is 7.89. The Morgan fingerprint density at radius 3 is 2.43 bits per heavy atom. The number of nitrogens with zero attached hydrogens (tertiary/aromatic N) is 2. The van der Waals surface area contributed by atoms with E-state index in [1.54, 1.807) is 41.3 Å². The smallest absolute Gasteiger partial charge is 0.290 e. The van der Waals surface area contributed by atoms with E-state index in [0.717, 1.165) is 24.8 Å². The third-order valence-corrected chi connectivity index (χ3v) is 7.55. The van der Waals surface area contributed by atoms with Crippen molar-refractivity contribution < 1.29 is 22.4 Å². The molecule has 30 heavy (non-hydrogen) atoms. The molecule has 9 heteroatoms. The first-order valence-corrected chi connectivity index (χ1v) is 11.6. The lowest BCUT2D eigenvalue weighted by Crippen LogP contribution is -2.45. The van der Waals surface area contributed by atoms with Gasteiger partial charge in [-0.05, 0) is 55.5 Å². The highest BCUT2D eigenvalue weighted by Crippen LogP contribution is 2.22. The average molecular weight is 432 g/mol. The van der Waals surface area contributed by atoms with Crippen LogP contribution in [0.2, 0.25) is 0 Å². The second-order valence-electron chi connectivity index (χ2n) is 7.61. The van der Waals surface area contributed by atoms with E-state index in [9.17, 15) is 18.0 Å². The number of hydrogen-bond donors (Lipinski definition) is 1. The van der Waals surface area contributed by atoms with Crippen molar-refractivity contribution >= 4 is 21.8 Å². The van der Waals surface area contributed by atoms with Gasteiger partial charge in [0.15, 0.2) is 5.76 Å². The van der Waals surface area contributed by atoms with Gasteiger partial charge < -0.3 is 14.6 Å². The Labute approximate surface area is 175 Å². The van der Waals surface area contributed by atoms with Crippen LogP contribution in [-0.4, -0.2) is 55.1 Å². The van der Waals surface area contributed by atoms with Gasteiger partial charge in [0.1, 0.15) is 6.04 Å². The van der Waals surface area contributed by atoms with E-state index in [1.165, 1.54) is 10.6 Å². The summed E-state index contributed by atoms with van der Waals surface area (Å²) >= 11 is 0. The van der Waals surface area contributed by atoms with Crippen molar-refractivity contribution in [3.63, 3.8) is 0 Å². The monoisotopic (exact) mass is 431 g/mol. The Morgan fingerprint density at radius 2 is 1.77 bits per heavy atom. The Bertz CT molecular complexity index is 996. The summed E-state index contributed by atoms with van der Waals surface area (Å²) in [5.74, 6) is -0.278. The lowest BCUT2D eigenvalue weighted by Gasteiger charge is -2.23. The molecule has 160 valence electrons. The second-order valence-corrected chi connectivity index (χ2v) is 9.54. The molecule has 1 atom stereocenters. The zero-order valence-electron chi connectivity index (χ0n) is 16.6. The van der Waals surface area contributed by atoms with Crippen molar-refractivity contribution in [2.75, 3.05) is 19.6 Å². The molecule has 0 saturated carbocycles. The van der Waals surface area contributed by atoms with Crippen molar-refractivity contribution in [1.29, 1.82) is 0 Å². The van der Waals surface area contributed by atoms with E-state index in [2.05, 4.69) is 5.32 Å². The molecule has 0 aliphatic carbocycles. The molecule has 0 radical (unpaired) electrons. The fraction of sp³-hybridized carbons (Fsp3) is 0.429. The number of amides is 2. The van der Waals surface area contributed by atoms with Crippen LogP contribution >= 0.6 is 0 Å². The van der Waals surface area contributed by atoms with Crippen molar-refractivity contribution in [2.45, 2.75) is 43.2 Å². The summed E-state index contributed by atoms with van der Waals surface area (Å²) in [4.78, 5) is 27.0. The van der Waals surface area contributed by atoms with Crippen LogP contribution in [0.3, 0.4) is 0 Å². The van der Waals surface area contributed by atoms with Crippen LogP contribution in [0.4, 0.5) is 0 Å². The number of carbonyl (C=O) groups excluding carboxylic acids is 2. The Kier molecular flexibility index (Phi) is 5.92. The minimum absolute atomic E-state index is 0.221. The maximum Gasteiger partial charge on any atom is 0.290 e. The fourth-order valence-electron chi connectivity index (χ4n) is 3.99. The normalized spacial score (nSPS) is 19.9. The molecular formula is C21H25N3O5S. The molecule has 2 aliphatic rings. The van der Waals surface area contributed by atoms with Crippen LogP contribution in [0.15, 0.2) is 52.0 Å². The highest BCUT2D eigenvalue weighted by Gasteiger charge is 2.35. The summed E-state index contributed by atoms with van der Waals surface area (Å²) in [5.41, 5.74) is 0.797. The van der Waals surface area contributed by atoms with Gasteiger partial charge >= 0.3 is 0 Å². The molecule has 1 N–H and O–H groups in total. The van der Waals surface area contributed by atoms with Gasteiger partial charge in [0.2, 0.25) is 15.9 Å². The molecule has 8 nitrogen and oxygen atoms in total. The van der Waals surface area contributed by atoms with Crippen molar-refractivity contribution in [3.8, 4) is 0 Å². The van der Waals surface area contributed by atoms with E-state index < -0.39 is 16.1 Å². The summed E-state index contributed by atoms with van der Waals surface area (Å²) in [6, 6.07) is 9.29. The number of furan rings is 1. The second kappa shape index (κ2) is 8.61. The van der Waals surface area contributed by atoms with Crippen LogP contribution in [0.25, 0.3) is 0 Å². The Balaban J connectivity index is 1.36. The summed E-state index contributed by atoms with van der Waals surface area (Å²) in [7, 11) is -3.45. The third-order valence-electron chi connectivity index (χ3n) is 5.64. The minimum atomic E-state index is -3.45. The summed E-state index contributed by atoms with van der Waals surface area (Å²) in [5, 5.41) is 2.86. The average Bonchev–Trinajstić information content (AvgIpc) is 3.53. The maximum absolute atomic E-state index is 12.7. The van der Waals surface area contributed by atoms with Crippen LogP contribution in [0.5, 0.6) is 0 Å². The number of hydrogen-bond acceptors (Lipinski definition) is 5. The third kappa shape index (κ3) is 4.13. The topological polar surface area (TPSA) is 99.9 Å². The zero-order valence-corrected chi connectivity index (χ0v) is 17.4. The van der Waals surface area contributed by atoms with E-state index in [-0.39, 0.29) is 29.0 Å². The number of likely N-dealkylation sites (tertiary alicyclic amines) is 1. The summed E-state index contributed by atoms with van der Waals surface area (Å²) < 4.78 is 31.9. The predicted octanol–water partition coefficient (Wildman–Crippen LogP) is 1.99. The lowest BCUT2D eigenvalue weighted by molar-refractivity contribution is -0.125. The van der Waals surface area contributed by atoms with Gasteiger partial charge in [-0.3, -0.25) is 9.59 Å². The molecule has 2 amide bonds. The number of benzene rings is 1. The first-order valence-electron chi connectivity index (χ1n) is 10.2. The molecule has 2 aliphatic heterocycles. The van der Waals surface area contributed by atoms with E-state index in [0.29, 0.717) is 26.1 Å². The van der Waals surface area contributed by atoms with Crippen LogP contribution < -0.4 is 5.32 Å². The Morgan fingerprint density at radius 1 is 1.03 bits per heavy atom. The molecule has 3 heterocycles. The van der Waals surface area contributed by atoms with Crippen molar-refractivity contribution in [2.24, 2.45) is 0 Å². The fourth-order valence-corrected chi connectivity index (χ4v) is 5.51. The number of sulfonamides is 1. The first-order chi connectivity index (χ1) is 14.5. The van der Waals surface area contributed by atoms with Gasteiger partial charge in [-0.2, -0.15) is 4.31 Å². The van der Waals surface area contributed by atoms with Gasteiger partial charge in [-0.15, -0.1) is 0 Å². The Hall–Kier alpha value is -2.65. The minimum Gasteiger partial charge on any atom is -0.459 e. The zero-order chi connectivity index (χ0) is 21.1. The summed E-state index contributed by atoms with van der Waals surface area (Å²) in [6.07, 6.45) is 4.58. The number of carbonyl (C=O) groups is 2. The van der Waals surface area contributed by atoms with E-state index >= 15 is 0 Å². The molecule has 0 unspecified atom stereocenters. The molecule has 1 aromatic heterocycles. The number of nitrogens with one attached hydrogen (secondary N) is 1.